The van der Waals surface area contributed by atoms with E-state index in [1.807, 2.05) is 24.3 Å². The maximum absolute atomic E-state index is 5.12. The molecule has 1 aliphatic carbocycles. The molecule has 10 aromatic rings. The van der Waals surface area contributed by atoms with Crippen LogP contribution in [-0.4, -0.2) is 14.5 Å². The lowest BCUT2D eigenvalue weighted by atomic mass is 9.93. The van der Waals surface area contributed by atoms with E-state index in [1.54, 1.807) is 0 Å². The highest BCUT2D eigenvalue weighted by Crippen LogP contribution is 2.49. The Morgan fingerprint density at radius 3 is 1.76 bits per heavy atom. The molecule has 1 aliphatic rings. The summed E-state index contributed by atoms with van der Waals surface area (Å²) >= 11 is 0. The maximum Gasteiger partial charge on any atom is 0.160 e. The smallest absolute Gasteiger partial charge is 0.160 e. The molecule has 2 heterocycles. The predicted molar refractivity (Wildman–Crippen MR) is 212 cm³/mol. The summed E-state index contributed by atoms with van der Waals surface area (Å²) in [7, 11) is 0. The molecule has 0 radical (unpaired) electrons. The Labute approximate surface area is 294 Å². The standard InChI is InChI=1S/C48H29N3/c1-3-11-32(12-4-1)47-40-29-34(23-27-41(40)49-48(50-47)33-13-5-2-6-14-33)30-21-25-35(26-22-30)51-42-20-10-19-39-37-17-8-7-16-36(37)38-18-9-15-31-24-28-43(51)46(44(31)38)45(39)42/h1-29H. The van der Waals surface area contributed by atoms with Gasteiger partial charge in [0.25, 0.3) is 0 Å². The first-order chi connectivity index (χ1) is 25.3. The summed E-state index contributed by atoms with van der Waals surface area (Å²) in [5.74, 6) is 0.733. The van der Waals surface area contributed by atoms with Crippen LogP contribution in [-0.2, 0) is 0 Å². The van der Waals surface area contributed by atoms with Gasteiger partial charge in [-0.05, 0) is 80.6 Å². The lowest BCUT2D eigenvalue weighted by Gasteiger charge is -2.14. The Morgan fingerprint density at radius 2 is 1.00 bits per heavy atom. The number of hydrogen-bond donors (Lipinski definition) is 0. The summed E-state index contributed by atoms with van der Waals surface area (Å²) < 4.78 is 2.44. The quantitative estimate of drug-likeness (QED) is 0.190. The van der Waals surface area contributed by atoms with E-state index in [2.05, 4.69) is 156 Å². The highest BCUT2D eigenvalue weighted by molar-refractivity contribution is 6.30. The Morgan fingerprint density at radius 1 is 0.373 bits per heavy atom. The van der Waals surface area contributed by atoms with Crippen molar-refractivity contribution in [2.45, 2.75) is 0 Å². The Balaban J connectivity index is 1.08. The highest BCUT2D eigenvalue weighted by Gasteiger charge is 2.24. The summed E-state index contributed by atoms with van der Waals surface area (Å²) in [6.07, 6.45) is 0. The molecule has 3 heteroatoms. The van der Waals surface area contributed by atoms with Gasteiger partial charge in [0.15, 0.2) is 5.82 Å². The molecule has 0 fully saturated rings. The van der Waals surface area contributed by atoms with Gasteiger partial charge in [0, 0.05) is 33.0 Å². The van der Waals surface area contributed by atoms with E-state index < -0.39 is 0 Å². The third-order valence-corrected chi connectivity index (χ3v) is 10.5. The van der Waals surface area contributed by atoms with Crippen molar-refractivity contribution in [1.82, 2.24) is 14.5 Å². The molecule has 0 spiro atoms. The van der Waals surface area contributed by atoms with Crippen molar-refractivity contribution >= 4 is 43.5 Å². The van der Waals surface area contributed by atoms with Crippen molar-refractivity contribution in [2.24, 2.45) is 0 Å². The molecule has 236 valence electrons. The lowest BCUT2D eigenvalue weighted by Crippen LogP contribution is -1.96. The lowest BCUT2D eigenvalue weighted by molar-refractivity contribution is 1.18. The monoisotopic (exact) mass is 647 g/mol. The van der Waals surface area contributed by atoms with Crippen molar-refractivity contribution in [3.05, 3.63) is 176 Å². The van der Waals surface area contributed by atoms with Gasteiger partial charge in [0.1, 0.15) is 0 Å². The molecule has 0 N–H and O–H groups in total. The minimum atomic E-state index is 0.733. The predicted octanol–water partition coefficient (Wildman–Crippen LogP) is 12.5. The van der Waals surface area contributed by atoms with Crippen LogP contribution in [0.3, 0.4) is 0 Å². The van der Waals surface area contributed by atoms with Gasteiger partial charge in [-0.25, -0.2) is 9.97 Å². The second-order valence-corrected chi connectivity index (χ2v) is 13.4. The van der Waals surface area contributed by atoms with Crippen molar-refractivity contribution in [3.63, 3.8) is 0 Å². The second-order valence-electron chi connectivity index (χ2n) is 13.4. The van der Waals surface area contributed by atoms with Gasteiger partial charge in [-0.1, -0.05) is 140 Å². The van der Waals surface area contributed by atoms with E-state index in [0.29, 0.717) is 0 Å². The van der Waals surface area contributed by atoms with Crippen molar-refractivity contribution < 1.29 is 0 Å². The minimum Gasteiger partial charge on any atom is -0.309 e. The van der Waals surface area contributed by atoms with Crippen molar-refractivity contribution in [1.29, 1.82) is 0 Å². The van der Waals surface area contributed by atoms with Crippen LogP contribution in [0.1, 0.15) is 0 Å². The van der Waals surface area contributed by atoms with Gasteiger partial charge in [0.2, 0.25) is 0 Å². The molecule has 11 rings (SSSR count). The molecule has 0 saturated carbocycles. The maximum atomic E-state index is 5.12. The first-order valence-electron chi connectivity index (χ1n) is 17.4. The topological polar surface area (TPSA) is 30.7 Å². The number of nitrogens with zero attached hydrogens (tertiary/aromatic N) is 3. The van der Waals surface area contributed by atoms with E-state index >= 15 is 0 Å². The molecule has 0 aliphatic heterocycles. The SMILES string of the molecule is c1ccc(-c2nc(-c3ccccc3)c3cc(-c4ccc(-n5c6cccc7c6c6c8c(cccc8ccc65)-c5ccccc5-7)cc4)ccc3n2)cc1. The first kappa shape index (κ1) is 28.0. The zero-order valence-electron chi connectivity index (χ0n) is 27.6. The molecule has 0 bridgehead atoms. The second kappa shape index (κ2) is 10.8. The molecule has 2 aromatic heterocycles. The van der Waals surface area contributed by atoms with E-state index in [0.717, 1.165) is 50.4 Å². The number of aromatic nitrogens is 3. The van der Waals surface area contributed by atoms with Gasteiger partial charge in [-0.15, -0.1) is 0 Å². The summed E-state index contributed by atoms with van der Waals surface area (Å²) in [4.78, 5) is 10.1. The molecule has 0 saturated heterocycles. The van der Waals surface area contributed by atoms with Crippen LogP contribution >= 0.6 is 0 Å². The zero-order chi connectivity index (χ0) is 33.5. The van der Waals surface area contributed by atoms with E-state index in [-0.39, 0.29) is 0 Å². The van der Waals surface area contributed by atoms with Crippen LogP contribution < -0.4 is 0 Å². The number of fused-ring (bicyclic) bond motifs is 4. The van der Waals surface area contributed by atoms with Gasteiger partial charge in [-0.3, -0.25) is 0 Å². The van der Waals surface area contributed by atoms with Crippen LogP contribution in [0.25, 0.3) is 105 Å². The van der Waals surface area contributed by atoms with Crippen LogP contribution in [0.15, 0.2) is 176 Å². The summed E-state index contributed by atoms with van der Waals surface area (Å²) in [6, 6.07) is 63.1. The largest absolute Gasteiger partial charge is 0.309 e. The summed E-state index contributed by atoms with van der Waals surface area (Å²) in [6.45, 7) is 0. The molecule has 51 heavy (non-hydrogen) atoms. The Kier molecular flexibility index (Phi) is 5.96. The molecule has 0 amide bonds. The summed E-state index contributed by atoms with van der Waals surface area (Å²) in [5, 5.41) is 6.28. The number of rotatable bonds is 4. The first-order valence-corrected chi connectivity index (χ1v) is 17.4. The Hall–Kier alpha value is -6.84. The molecular weight excluding hydrogens is 619 g/mol. The normalized spacial score (nSPS) is 11.9. The molecule has 0 unspecified atom stereocenters. The average Bonchev–Trinajstić information content (AvgIpc) is 3.49. The van der Waals surface area contributed by atoms with E-state index in [4.69, 9.17) is 9.97 Å². The van der Waals surface area contributed by atoms with Crippen LogP contribution in [0.5, 0.6) is 0 Å². The summed E-state index contributed by atoms with van der Waals surface area (Å²) in [5.41, 5.74) is 15.0. The van der Waals surface area contributed by atoms with Crippen molar-refractivity contribution in [3.8, 4) is 61.7 Å². The van der Waals surface area contributed by atoms with Gasteiger partial charge >= 0.3 is 0 Å². The minimum absolute atomic E-state index is 0.733. The van der Waals surface area contributed by atoms with Gasteiger partial charge < -0.3 is 4.57 Å². The third-order valence-electron chi connectivity index (χ3n) is 10.5. The molecule has 0 atom stereocenters. The average molecular weight is 648 g/mol. The van der Waals surface area contributed by atoms with Gasteiger partial charge in [0.05, 0.1) is 22.2 Å². The van der Waals surface area contributed by atoms with Crippen LogP contribution in [0.4, 0.5) is 0 Å². The highest BCUT2D eigenvalue weighted by atomic mass is 15.0. The van der Waals surface area contributed by atoms with Crippen LogP contribution in [0.2, 0.25) is 0 Å². The molecule has 8 aromatic carbocycles. The van der Waals surface area contributed by atoms with Gasteiger partial charge in [-0.2, -0.15) is 0 Å². The fourth-order valence-corrected chi connectivity index (χ4v) is 8.25. The Bertz CT molecular complexity index is 2990. The zero-order valence-corrected chi connectivity index (χ0v) is 27.6. The number of hydrogen-bond acceptors (Lipinski definition) is 2. The van der Waals surface area contributed by atoms with Crippen molar-refractivity contribution in [2.75, 3.05) is 0 Å². The van der Waals surface area contributed by atoms with E-state index in [9.17, 15) is 0 Å². The fourth-order valence-electron chi connectivity index (χ4n) is 8.25. The fraction of sp³-hybridized carbons (Fsp3) is 0. The third kappa shape index (κ3) is 4.19. The molecular formula is C48H29N3. The van der Waals surface area contributed by atoms with E-state index in [1.165, 1.54) is 54.8 Å². The molecule has 3 nitrogen and oxygen atoms in total. The number of benzene rings is 8. The van der Waals surface area contributed by atoms with Crippen LogP contribution in [0, 0.1) is 0 Å².